The molecule has 4 nitrogen and oxygen atoms in total. The summed E-state index contributed by atoms with van der Waals surface area (Å²) in [6.07, 6.45) is 1.35. The molecule has 0 aliphatic carbocycles. The van der Waals surface area contributed by atoms with Crippen LogP contribution in [0.25, 0.3) is 0 Å². The largest absolute Gasteiger partial charge is 0.294 e. The number of carbonyl (C=O) groups excluding carboxylic acids is 1. The van der Waals surface area contributed by atoms with Gasteiger partial charge < -0.3 is 0 Å². The molecule has 1 aliphatic rings. The highest BCUT2D eigenvalue weighted by atomic mass is 32.2. The highest BCUT2D eigenvalue weighted by molar-refractivity contribution is 7.88. The van der Waals surface area contributed by atoms with Crippen molar-refractivity contribution in [2.24, 2.45) is 5.92 Å². The molecule has 2 aromatic rings. The number of aryl methyl sites for hydroxylation is 1. The Balaban J connectivity index is 1.71. The van der Waals surface area contributed by atoms with Crippen LogP contribution in [-0.4, -0.2) is 31.6 Å². The summed E-state index contributed by atoms with van der Waals surface area (Å²) in [5, 5.41) is 0. The van der Waals surface area contributed by atoms with E-state index in [1.165, 1.54) is 28.6 Å². The predicted octanol–water partition coefficient (Wildman–Crippen LogP) is 3.56. The minimum Gasteiger partial charge on any atom is -0.294 e. The lowest BCUT2D eigenvalue weighted by Crippen LogP contribution is -2.42. The van der Waals surface area contributed by atoms with Gasteiger partial charge >= 0.3 is 0 Å². The van der Waals surface area contributed by atoms with Crippen molar-refractivity contribution in [3.63, 3.8) is 0 Å². The Bertz CT molecular complexity index is 876. The van der Waals surface area contributed by atoms with Crippen LogP contribution in [0.4, 0.5) is 4.39 Å². The van der Waals surface area contributed by atoms with Crippen LogP contribution in [-0.2, 0) is 15.8 Å². The number of hydrogen-bond donors (Lipinski definition) is 0. The van der Waals surface area contributed by atoms with Gasteiger partial charge in [-0.1, -0.05) is 42.0 Å². The molecule has 1 unspecified atom stereocenters. The molecule has 1 fully saturated rings. The normalized spacial score (nSPS) is 18.6. The molecule has 0 amide bonds. The van der Waals surface area contributed by atoms with Crippen molar-refractivity contribution in [3.8, 4) is 0 Å². The van der Waals surface area contributed by atoms with Gasteiger partial charge in [0.05, 0.1) is 5.75 Å². The smallest absolute Gasteiger partial charge is 0.218 e. The van der Waals surface area contributed by atoms with Gasteiger partial charge in [0.15, 0.2) is 5.78 Å². The van der Waals surface area contributed by atoms with Crippen LogP contribution in [0.15, 0.2) is 48.5 Å². The van der Waals surface area contributed by atoms with Crippen molar-refractivity contribution in [1.82, 2.24) is 4.31 Å². The summed E-state index contributed by atoms with van der Waals surface area (Å²) in [6.45, 7) is 2.58. The molecule has 2 aromatic carbocycles. The van der Waals surface area contributed by atoms with Crippen molar-refractivity contribution in [3.05, 3.63) is 71.0 Å². The van der Waals surface area contributed by atoms with Crippen LogP contribution in [0.2, 0.25) is 0 Å². The van der Waals surface area contributed by atoms with E-state index in [0.29, 0.717) is 30.5 Å². The fourth-order valence-electron chi connectivity index (χ4n) is 3.25. The highest BCUT2D eigenvalue weighted by Gasteiger charge is 2.32. The average molecular weight is 375 g/mol. The maximum Gasteiger partial charge on any atom is 0.218 e. The number of hydrogen-bond acceptors (Lipinski definition) is 3. The minimum absolute atomic E-state index is 0.00770. The Hall–Kier alpha value is -2.05. The number of Topliss-reactive ketones (excluding diaryl/α,β-unsaturated/α-hetero) is 1. The molecule has 1 aliphatic heterocycles. The van der Waals surface area contributed by atoms with Gasteiger partial charge in [-0.3, -0.25) is 4.79 Å². The first-order valence-corrected chi connectivity index (χ1v) is 10.3. The number of rotatable bonds is 5. The van der Waals surface area contributed by atoms with E-state index in [9.17, 15) is 17.6 Å². The molecule has 1 saturated heterocycles. The van der Waals surface area contributed by atoms with Gasteiger partial charge in [0.1, 0.15) is 5.82 Å². The van der Waals surface area contributed by atoms with Gasteiger partial charge in [-0.25, -0.2) is 17.1 Å². The number of piperidine rings is 1. The molecule has 0 radical (unpaired) electrons. The number of nitrogens with zero attached hydrogens (tertiary/aromatic N) is 1. The molecule has 3 rings (SSSR count). The van der Waals surface area contributed by atoms with E-state index >= 15 is 0 Å². The van der Waals surface area contributed by atoms with Crippen molar-refractivity contribution < 1.29 is 17.6 Å². The van der Waals surface area contributed by atoms with Gasteiger partial charge in [0.2, 0.25) is 10.0 Å². The van der Waals surface area contributed by atoms with Crippen LogP contribution in [0.5, 0.6) is 0 Å². The zero-order valence-corrected chi connectivity index (χ0v) is 15.5. The first-order chi connectivity index (χ1) is 12.3. The molecule has 26 heavy (non-hydrogen) atoms. The monoisotopic (exact) mass is 375 g/mol. The van der Waals surface area contributed by atoms with Crippen molar-refractivity contribution in [2.45, 2.75) is 25.5 Å². The Morgan fingerprint density at radius 2 is 1.77 bits per heavy atom. The summed E-state index contributed by atoms with van der Waals surface area (Å²) in [4.78, 5) is 12.7. The lowest BCUT2D eigenvalue weighted by Gasteiger charge is -2.31. The van der Waals surface area contributed by atoms with E-state index < -0.39 is 15.8 Å². The van der Waals surface area contributed by atoms with Crippen molar-refractivity contribution in [1.29, 1.82) is 0 Å². The maximum absolute atomic E-state index is 13.0. The Morgan fingerprint density at radius 3 is 2.42 bits per heavy atom. The summed E-state index contributed by atoms with van der Waals surface area (Å²) in [6, 6.07) is 12.8. The van der Waals surface area contributed by atoms with Gasteiger partial charge in [-0.05, 0) is 37.5 Å². The first kappa shape index (κ1) is 18.7. The molecule has 0 aromatic heterocycles. The number of benzene rings is 2. The van der Waals surface area contributed by atoms with E-state index in [0.717, 1.165) is 5.56 Å². The number of sulfonamides is 1. The molecule has 0 bridgehead atoms. The maximum atomic E-state index is 13.0. The lowest BCUT2D eigenvalue weighted by atomic mass is 9.91. The molecule has 0 N–H and O–H groups in total. The van der Waals surface area contributed by atoms with E-state index in [1.54, 1.807) is 12.1 Å². The summed E-state index contributed by atoms with van der Waals surface area (Å²) < 4.78 is 39.8. The van der Waals surface area contributed by atoms with Crippen LogP contribution in [0, 0.1) is 18.7 Å². The molecule has 0 spiro atoms. The van der Waals surface area contributed by atoms with Gasteiger partial charge in [-0.15, -0.1) is 0 Å². The Labute approximate surface area is 153 Å². The molecule has 6 heteroatoms. The third-order valence-electron chi connectivity index (χ3n) is 4.75. The molecular formula is C20H22FNO3S. The fourth-order valence-corrected chi connectivity index (χ4v) is 4.86. The van der Waals surface area contributed by atoms with Crippen LogP contribution in [0.1, 0.15) is 34.3 Å². The molecular weight excluding hydrogens is 353 g/mol. The van der Waals surface area contributed by atoms with Crippen LogP contribution in [0.3, 0.4) is 0 Å². The third-order valence-corrected chi connectivity index (χ3v) is 6.56. The summed E-state index contributed by atoms with van der Waals surface area (Å²) in [5.74, 6) is -0.910. The molecule has 1 atom stereocenters. The average Bonchev–Trinajstić information content (AvgIpc) is 2.64. The van der Waals surface area contributed by atoms with Crippen LogP contribution >= 0.6 is 0 Å². The molecule has 138 valence electrons. The fraction of sp³-hybridized carbons (Fsp3) is 0.350. The zero-order valence-electron chi connectivity index (χ0n) is 14.7. The number of halogens is 1. The summed E-state index contributed by atoms with van der Waals surface area (Å²) in [5.41, 5.74) is 2.24. The second kappa shape index (κ2) is 7.68. The van der Waals surface area contributed by atoms with E-state index in [2.05, 4.69) is 0 Å². The van der Waals surface area contributed by atoms with Gasteiger partial charge in [0.25, 0.3) is 0 Å². The summed E-state index contributed by atoms with van der Waals surface area (Å²) >= 11 is 0. The SMILES string of the molecule is Cc1ccc(C(=O)C2CCCN(S(=O)(=O)Cc3ccc(F)cc3)C2)cc1. The van der Waals surface area contributed by atoms with Crippen molar-refractivity contribution >= 4 is 15.8 Å². The van der Waals surface area contributed by atoms with E-state index in [4.69, 9.17) is 0 Å². The number of carbonyl (C=O) groups is 1. The second-order valence-electron chi connectivity index (χ2n) is 6.81. The molecule has 0 saturated carbocycles. The molecule has 1 heterocycles. The van der Waals surface area contributed by atoms with Crippen LogP contribution < -0.4 is 0 Å². The Kier molecular flexibility index (Phi) is 5.53. The van der Waals surface area contributed by atoms with Crippen molar-refractivity contribution in [2.75, 3.05) is 13.1 Å². The number of ketones is 1. The summed E-state index contributed by atoms with van der Waals surface area (Å²) in [7, 11) is -3.55. The van der Waals surface area contributed by atoms with E-state index in [1.807, 2.05) is 19.1 Å². The topological polar surface area (TPSA) is 54.5 Å². The van der Waals surface area contributed by atoms with Gasteiger partial charge in [-0.2, -0.15) is 0 Å². The zero-order chi connectivity index (χ0) is 18.7. The van der Waals surface area contributed by atoms with Gasteiger partial charge in [0, 0.05) is 24.6 Å². The quantitative estimate of drug-likeness (QED) is 0.751. The third kappa shape index (κ3) is 4.37. The lowest BCUT2D eigenvalue weighted by molar-refractivity contribution is 0.0872. The first-order valence-electron chi connectivity index (χ1n) is 8.68. The van der Waals surface area contributed by atoms with E-state index in [-0.39, 0.29) is 24.0 Å². The Morgan fingerprint density at radius 1 is 1.12 bits per heavy atom. The standard InChI is InChI=1S/C20H22FNO3S/c1-15-4-8-17(9-5-15)20(23)18-3-2-12-22(13-18)26(24,25)14-16-6-10-19(21)11-7-16/h4-11,18H,2-3,12-14H2,1H3. The highest BCUT2D eigenvalue weighted by Crippen LogP contribution is 2.24. The second-order valence-corrected chi connectivity index (χ2v) is 8.78. The minimum atomic E-state index is -3.55. The predicted molar refractivity (Wildman–Crippen MR) is 98.8 cm³/mol.